The number of hydrogen-bond acceptors (Lipinski definition) is 4. The van der Waals surface area contributed by atoms with Crippen LogP contribution in [0.15, 0.2) is 53.1 Å². The Morgan fingerprint density at radius 1 is 1.15 bits per heavy atom. The number of fused-ring (bicyclic) bond motifs is 6. The molecule has 4 aliphatic carbocycles. The van der Waals surface area contributed by atoms with E-state index in [0.29, 0.717) is 24.4 Å². The number of nitrogens with zero attached hydrogens (tertiary/aromatic N) is 1. The molecule has 7 rings (SSSR count). The average Bonchev–Trinajstić information content (AvgIpc) is 3.47. The summed E-state index contributed by atoms with van der Waals surface area (Å²) < 4.78 is 13.1. The van der Waals surface area contributed by atoms with Crippen LogP contribution in [0.25, 0.3) is 0 Å². The van der Waals surface area contributed by atoms with Gasteiger partial charge >= 0.3 is 6.09 Å². The van der Waals surface area contributed by atoms with Gasteiger partial charge in [-0.3, -0.25) is 0 Å². The third-order valence-electron chi connectivity index (χ3n) is 12.4. The fraction of sp³-hybridized carbons (Fsp3) is 0.686. The summed E-state index contributed by atoms with van der Waals surface area (Å²) >= 11 is 0. The van der Waals surface area contributed by atoms with E-state index < -0.39 is 0 Å². The normalized spacial score (nSPS) is 44.0. The van der Waals surface area contributed by atoms with E-state index in [0.717, 1.165) is 56.6 Å². The molecule has 5 nitrogen and oxygen atoms in total. The summed E-state index contributed by atoms with van der Waals surface area (Å²) in [5.74, 6) is 2.67. The number of carbonyl (C=O) groups is 1. The van der Waals surface area contributed by atoms with Gasteiger partial charge in [0.15, 0.2) is 0 Å². The van der Waals surface area contributed by atoms with E-state index in [-0.39, 0.29) is 41.3 Å². The number of likely N-dealkylation sites (tertiary alicyclic amines) is 1. The van der Waals surface area contributed by atoms with Crippen molar-refractivity contribution in [2.24, 2.45) is 35.0 Å². The average molecular weight is 546 g/mol. The highest BCUT2D eigenvalue weighted by Gasteiger charge is 2.62. The zero-order valence-corrected chi connectivity index (χ0v) is 24.8. The van der Waals surface area contributed by atoms with Crippen molar-refractivity contribution in [3.8, 4) is 0 Å². The Labute approximate surface area is 240 Å². The summed E-state index contributed by atoms with van der Waals surface area (Å²) in [4.78, 5) is 15.5. The number of hydrogen-bond donors (Lipinski definition) is 1. The number of aliphatic hydroxyl groups excluding tert-OH is 1. The second kappa shape index (κ2) is 9.73. The minimum Gasteiger partial charge on any atom is -0.445 e. The molecular weight excluding hydrogens is 498 g/mol. The summed E-state index contributed by atoms with van der Waals surface area (Å²) in [6.45, 7) is 10.5. The smallest absolute Gasteiger partial charge is 0.410 e. The molecule has 1 aromatic rings. The van der Waals surface area contributed by atoms with Crippen molar-refractivity contribution in [3.63, 3.8) is 0 Å². The van der Waals surface area contributed by atoms with Gasteiger partial charge in [-0.25, -0.2) is 4.79 Å². The van der Waals surface area contributed by atoms with Gasteiger partial charge in [0.05, 0.1) is 23.9 Å². The van der Waals surface area contributed by atoms with Crippen LogP contribution in [0.2, 0.25) is 0 Å². The van der Waals surface area contributed by atoms with E-state index in [1.807, 2.05) is 35.2 Å². The third kappa shape index (κ3) is 3.97. The zero-order chi connectivity index (χ0) is 27.8. The van der Waals surface area contributed by atoms with E-state index in [1.165, 1.54) is 24.0 Å². The maximum atomic E-state index is 13.5. The molecule has 0 radical (unpaired) electrons. The van der Waals surface area contributed by atoms with Gasteiger partial charge in [-0.05, 0) is 98.5 Å². The molecule has 1 N–H and O–H groups in total. The molecule has 0 aromatic heterocycles. The fourth-order valence-electron chi connectivity index (χ4n) is 10.3. The van der Waals surface area contributed by atoms with Gasteiger partial charge < -0.3 is 19.5 Å². The lowest BCUT2D eigenvalue weighted by atomic mass is 9.56. The number of amides is 1. The first-order valence-electron chi connectivity index (χ1n) is 15.9. The number of allylic oxidation sites excluding steroid dienone is 2. The Hall–Kier alpha value is -2.11. The van der Waals surface area contributed by atoms with E-state index in [1.54, 1.807) is 5.57 Å². The van der Waals surface area contributed by atoms with Gasteiger partial charge in [-0.1, -0.05) is 68.3 Å². The van der Waals surface area contributed by atoms with Crippen LogP contribution in [0.5, 0.6) is 0 Å². The fourth-order valence-corrected chi connectivity index (χ4v) is 10.3. The summed E-state index contributed by atoms with van der Waals surface area (Å²) in [5, 5.41) is 10.4. The molecule has 0 unspecified atom stereocenters. The molecule has 6 aliphatic rings. The molecule has 1 aromatic carbocycles. The summed E-state index contributed by atoms with van der Waals surface area (Å²) in [7, 11) is 0. The van der Waals surface area contributed by atoms with Crippen molar-refractivity contribution in [2.45, 2.75) is 110 Å². The molecule has 4 fully saturated rings. The van der Waals surface area contributed by atoms with Crippen LogP contribution in [0, 0.1) is 35.0 Å². The standard InChI is InChI=1S/C35H47NO4/c1-21-16-31-32(36(19-21)33(38)39-20-24-8-6-5-7-9-24)23(3)35(40-31)15-13-27-28-11-10-25-17-26(37)12-14-34(25,4)30(28)18-29(27)22(35)2/h5-10,21,23,26-28,30-32,37H,11-20H2,1-4H3/t21-,23+,26-,27-,28-,30-,31+,32-,34-,35-/m0/s1. The van der Waals surface area contributed by atoms with E-state index >= 15 is 0 Å². The summed E-state index contributed by atoms with van der Waals surface area (Å²) in [6, 6.07) is 10.0. The quantitative estimate of drug-likeness (QED) is 0.405. The molecule has 2 aliphatic heterocycles. The molecule has 216 valence electrons. The third-order valence-corrected chi connectivity index (χ3v) is 12.4. The monoisotopic (exact) mass is 545 g/mol. The van der Waals surface area contributed by atoms with Crippen LogP contribution in [0.1, 0.15) is 84.6 Å². The highest BCUT2D eigenvalue weighted by atomic mass is 16.6. The predicted octanol–water partition coefficient (Wildman–Crippen LogP) is 7.05. The molecule has 0 bridgehead atoms. The highest BCUT2D eigenvalue weighted by molar-refractivity contribution is 5.68. The SMILES string of the molecule is CC1=C2C[C@H]3[C@@H](CC=C4C[C@@H](O)CC[C@@]43C)[C@@H]2CC[C@]12O[C@@H]1C[C@H](C)CN(C(=O)OCc3ccccc3)[C@H]1[C@H]2C. The van der Waals surface area contributed by atoms with Gasteiger partial charge in [-0.2, -0.15) is 0 Å². The lowest BCUT2D eigenvalue weighted by molar-refractivity contribution is -0.0639. The Morgan fingerprint density at radius 3 is 2.75 bits per heavy atom. The Kier molecular flexibility index (Phi) is 6.51. The van der Waals surface area contributed by atoms with Crippen LogP contribution in [0.3, 0.4) is 0 Å². The largest absolute Gasteiger partial charge is 0.445 e. The van der Waals surface area contributed by atoms with Crippen molar-refractivity contribution in [2.75, 3.05) is 6.54 Å². The molecule has 5 heteroatoms. The first-order chi connectivity index (χ1) is 19.2. The Morgan fingerprint density at radius 2 is 1.95 bits per heavy atom. The molecule has 2 saturated heterocycles. The first kappa shape index (κ1) is 26.8. The minimum absolute atomic E-state index is 0.0564. The van der Waals surface area contributed by atoms with Crippen molar-refractivity contribution in [1.82, 2.24) is 4.90 Å². The second-order valence-electron chi connectivity index (χ2n) is 14.4. The molecule has 1 amide bonds. The topological polar surface area (TPSA) is 59.0 Å². The van der Waals surface area contributed by atoms with Gasteiger partial charge in [0.2, 0.25) is 0 Å². The van der Waals surface area contributed by atoms with Crippen molar-refractivity contribution in [3.05, 3.63) is 58.7 Å². The Balaban J connectivity index is 1.15. The molecule has 40 heavy (non-hydrogen) atoms. The highest BCUT2D eigenvalue weighted by Crippen LogP contribution is 2.65. The van der Waals surface area contributed by atoms with Crippen LogP contribution in [0.4, 0.5) is 4.79 Å². The molecule has 1 spiro atoms. The van der Waals surface area contributed by atoms with E-state index in [9.17, 15) is 9.90 Å². The second-order valence-corrected chi connectivity index (χ2v) is 14.4. The van der Waals surface area contributed by atoms with Crippen molar-refractivity contribution < 1.29 is 19.4 Å². The van der Waals surface area contributed by atoms with Gasteiger partial charge in [-0.15, -0.1) is 0 Å². The van der Waals surface area contributed by atoms with Crippen LogP contribution >= 0.6 is 0 Å². The van der Waals surface area contributed by atoms with E-state index in [2.05, 4.69) is 33.8 Å². The number of rotatable bonds is 2. The van der Waals surface area contributed by atoms with Crippen molar-refractivity contribution >= 4 is 6.09 Å². The van der Waals surface area contributed by atoms with Gasteiger partial charge in [0.25, 0.3) is 0 Å². The van der Waals surface area contributed by atoms with Crippen LogP contribution < -0.4 is 0 Å². The van der Waals surface area contributed by atoms with Gasteiger partial charge in [0.1, 0.15) is 6.61 Å². The van der Waals surface area contributed by atoms with Crippen LogP contribution in [-0.2, 0) is 16.1 Å². The molecule has 2 saturated carbocycles. The predicted molar refractivity (Wildman–Crippen MR) is 155 cm³/mol. The lowest BCUT2D eigenvalue weighted by Crippen LogP contribution is -2.54. The summed E-state index contributed by atoms with van der Waals surface area (Å²) in [5.41, 5.74) is 5.63. The van der Waals surface area contributed by atoms with Crippen LogP contribution in [-0.4, -0.2) is 46.5 Å². The number of piperidine rings is 1. The number of aliphatic hydroxyl groups is 1. The first-order valence-corrected chi connectivity index (χ1v) is 15.9. The summed E-state index contributed by atoms with van der Waals surface area (Å²) in [6.07, 6.45) is 10.7. The van der Waals surface area contributed by atoms with Crippen molar-refractivity contribution in [1.29, 1.82) is 0 Å². The van der Waals surface area contributed by atoms with E-state index in [4.69, 9.17) is 9.47 Å². The number of ether oxygens (including phenoxy) is 2. The number of carbonyl (C=O) groups excluding carboxylic acids is 1. The lowest BCUT2D eigenvalue weighted by Gasteiger charge is -2.49. The molecule has 2 heterocycles. The maximum absolute atomic E-state index is 13.5. The zero-order valence-electron chi connectivity index (χ0n) is 24.8. The minimum atomic E-state index is -0.281. The van der Waals surface area contributed by atoms with Gasteiger partial charge in [0, 0.05) is 12.5 Å². The molecular formula is C35H47NO4. The number of benzene rings is 1. The maximum Gasteiger partial charge on any atom is 0.410 e. The molecule has 10 atom stereocenters. The Bertz CT molecular complexity index is 1220.